The van der Waals surface area contributed by atoms with Crippen LogP contribution in [0.15, 0.2) is 54.6 Å². The Morgan fingerprint density at radius 3 is 2.00 bits per heavy atom. The Hall–Kier alpha value is -2.86. The van der Waals surface area contributed by atoms with E-state index in [1.807, 2.05) is 18.2 Å². The van der Waals surface area contributed by atoms with Gasteiger partial charge >= 0.3 is 0 Å². The molecule has 0 N–H and O–H groups in total. The van der Waals surface area contributed by atoms with Gasteiger partial charge in [-0.05, 0) is 49.2 Å². The number of carbonyl (C=O) groups excluding carboxylic acids is 3. The lowest BCUT2D eigenvalue weighted by Crippen LogP contribution is -2.55. The van der Waals surface area contributed by atoms with Gasteiger partial charge < -0.3 is 14.7 Å². The summed E-state index contributed by atoms with van der Waals surface area (Å²) in [7, 11) is 0. The summed E-state index contributed by atoms with van der Waals surface area (Å²) in [6.45, 7) is 2.50. The van der Waals surface area contributed by atoms with E-state index in [2.05, 4.69) is 0 Å². The van der Waals surface area contributed by atoms with Gasteiger partial charge in [-0.15, -0.1) is 0 Å². The normalized spacial score (nSPS) is 19.1. The van der Waals surface area contributed by atoms with Gasteiger partial charge in [0.2, 0.25) is 5.91 Å². The predicted octanol–water partition coefficient (Wildman–Crippen LogP) is 2.93. The van der Waals surface area contributed by atoms with Crippen LogP contribution in [0.2, 0.25) is 5.02 Å². The molecule has 2 aromatic rings. The minimum absolute atomic E-state index is 0.0182. The van der Waals surface area contributed by atoms with Crippen LogP contribution in [0.5, 0.6) is 0 Å². The van der Waals surface area contributed by atoms with Crippen molar-refractivity contribution < 1.29 is 14.4 Å². The highest BCUT2D eigenvalue weighted by Crippen LogP contribution is 2.23. The number of hydrogen-bond acceptors (Lipinski definition) is 3. The van der Waals surface area contributed by atoms with Crippen molar-refractivity contribution in [3.63, 3.8) is 0 Å². The molecule has 0 bridgehead atoms. The maximum Gasteiger partial charge on any atom is 0.254 e. The van der Waals surface area contributed by atoms with Gasteiger partial charge in [0, 0.05) is 48.9 Å². The largest absolute Gasteiger partial charge is 0.337 e. The molecule has 30 heavy (non-hydrogen) atoms. The first kappa shape index (κ1) is 20.4. The van der Waals surface area contributed by atoms with Crippen LogP contribution in [0.3, 0.4) is 0 Å². The molecule has 2 aliphatic heterocycles. The van der Waals surface area contributed by atoms with E-state index in [1.165, 1.54) is 0 Å². The van der Waals surface area contributed by atoms with Gasteiger partial charge in [0.05, 0.1) is 0 Å². The van der Waals surface area contributed by atoms with Crippen molar-refractivity contribution in [3.05, 3.63) is 70.7 Å². The van der Waals surface area contributed by atoms with E-state index in [9.17, 15) is 14.4 Å². The van der Waals surface area contributed by atoms with Gasteiger partial charge in [-0.1, -0.05) is 29.8 Å². The third-order valence-corrected chi connectivity index (χ3v) is 6.04. The van der Waals surface area contributed by atoms with Crippen molar-refractivity contribution in [1.29, 1.82) is 0 Å². The molecule has 7 heteroatoms. The number of piperazine rings is 1. The SMILES string of the molecule is O=C(c1ccc(Cl)cc1)N1CCN(C(=O)C2CCCN2C(=O)c2ccccc2)CC1. The Kier molecular flexibility index (Phi) is 6.04. The van der Waals surface area contributed by atoms with Crippen LogP contribution in [0.25, 0.3) is 0 Å². The van der Waals surface area contributed by atoms with Gasteiger partial charge in [0.15, 0.2) is 0 Å². The Bertz CT molecular complexity index is 924. The van der Waals surface area contributed by atoms with E-state index in [0.29, 0.717) is 55.3 Å². The second-order valence-corrected chi connectivity index (χ2v) is 8.08. The topological polar surface area (TPSA) is 60.9 Å². The van der Waals surface area contributed by atoms with Gasteiger partial charge in [-0.3, -0.25) is 14.4 Å². The summed E-state index contributed by atoms with van der Waals surface area (Å²) >= 11 is 5.89. The molecule has 0 spiro atoms. The second-order valence-electron chi connectivity index (χ2n) is 7.65. The van der Waals surface area contributed by atoms with Crippen LogP contribution < -0.4 is 0 Å². The maximum atomic E-state index is 13.1. The first-order valence-electron chi connectivity index (χ1n) is 10.2. The molecule has 3 amide bonds. The monoisotopic (exact) mass is 425 g/mol. The molecule has 0 aliphatic carbocycles. The minimum Gasteiger partial charge on any atom is -0.337 e. The van der Waals surface area contributed by atoms with Gasteiger partial charge in [0.1, 0.15) is 6.04 Å². The number of rotatable bonds is 3. The number of hydrogen-bond donors (Lipinski definition) is 0. The van der Waals surface area contributed by atoms with Gasteiger partial charge in [-0.25, -0.2) is 0 Å². The molecule has 156 valence electrons. The van der Waals surface area contributed by atoms with Crippen LogP contribution in [-0.4, -0.2) is 71.2 Å². The van der Waals surface area contributed by atoms with Crippen LogP contribution in [0, 0.1) is 0 Å². The zero-order valence-corrected chi connectivity index (χ0v) is 17.4. The van der Waals surface area contributed by atoms with Crippen molar-refractivity contribution in [1.82, 2.24) is 14.7 Å². The fourth-order valence-electron chi connectivity index (χ4n) is 4.13. The average Bonchev–Trinajstić information content (AvgIpc) is 3.29. The molecule has 2 fully saturated rings. The van der Waals surface area contributed by atoms with E-state index >= 15 is 0 Å². The zero-order valence-electron chi connectivity index (χ0n) is 16.7. The predicted molar refractivity (Wildman–Crippen MR) is 114 cm³/mol. The molecule has 2 aliphatic rings. The van der Waals surface area contributed by atoms with Crippen molar-refractivity contribution in [3.8, 4) is 0 Å². The number of halogens is 1. The summed E-state index contributed by atoms with van der Waals surface area (Å²) < 4.78 is 0. The lowest BCUT2D eigenvalue weighted by Gasteiger charge is -2.37. The van der Waals surface area contributed by atoms with Crippen molar-refractivity contribution in [2.75, 3.05) is 32.7 Å². The highest BCUT2D eigenvalue weighted by atomic mass is 35.5. The highest BCUT2D eigenvalue weighted by molar-refractivity contribution is 6.30. The molecule has 1 unspecified atom stereocenters. The third kappa shape index (κ3) is 4.19. The Labute approximate surface area is 181 Å². The molecule has 0 radical (unpaired) electrons. The summed E-state index contributed by atoms with van der Waals surface area (Å²) in [4.78, 5) is 43.9. The van der Waals surface area contributed by atoms with Crippen molar-refractivity contribution in [2.45, 2.75) is 18.9 Å². The molecule has 2 aromatic carbocycles. The maximum absolute atomic E-state index is 13.1. The van der Waals surface area contributed by atoms with Crippen LogP contribution in [-0.2, 0) is 4.79 Å². The number of benzene rings is 2. The highest BCUT2D eigenvalue weighted by Gasteiger charge is 2.38. The van der Waals surface area contributed by atoms with E-state index in [-0.39, 0.29) is 17.7 Å². The number of carbonyl (C=O) groups is 3. The molecule has 4 rings (SSSR count). The first-order valence-corrected chi connectivity index (χ1v) is 10.6. The second kappa shape index (κ2) is 8.88. The lowest BCUT2D eigenvalue weighted by molar-refractivity contribution is -0.136. The number of likely N-dealkylation sites (tertiary alicyclic amines) is 1. The number of nitrogens with zero attached hydrogens (tertiary/aromatic N) is 3. The fraction of sp³-hybridized carbons (Fsp3) is 0.348. The summed E-state index contributed by atoms with van der Waals surface area (Å²) in [5.74, 6) is -0.168. The van der Waals surface area contributed by atoms with Gasteiger partial charge in [0.25, 0.3) is 11.8 Å². The van der Waals surface area contributed by atoms with Crippen molar-refractivity contribution >= 4 is 29.3 Å². The third-order valence-electron chi connectivity index (χ3n) is 5.79. The Morgan fingerprint density at radius 2 is 1.33 bits per heavy atom. The van der Waals surface area contributed by atoms with Crippen molar-refractivity contribution in [2.24, 2.45) is 0 Å². The summed E-state index contributed by atoms with van der Waals surface area (Å²) in [5, 5.41) is 0.591. The molecular formula is C23H24ClN3O3. The summed E-state index contributed by atoms with van der Waals surface area (Å²) in [6.07, 6.45) is 1.51. The van der Waals surface area contributed by atoms with E-state index < -0.39 is 6.04 Å². The quantitative estimate of drug-likeness (QED) is 0.759. The smallest absolute Gasteiger partial charge is 0.254 e. The van der Waals surface area contributed by atoms with Crippen LogP contribution in [0.1, 0.15) is 33.6 Å². The average molecular weight is 426 g/mol. The molecule has 2 saturated heterocycles. The van der Waals surface area contributed by atoms with Gasteiger partial charge in [-0.2, -0.15) is 0 Å². The lowest BCUT2D eigenvalue weighted by atomic mass is 10.1. The Morgan fingerprint density at radius 1 is 0.733 bits per heavy atom. The Balaban J connectivity index is 1.37. The summed E-state index contributed by atoms with van der Waals surface area (Å²) in [5.41, 5.74) is 1.20. The van der Waals surface area contributed by atoms with Crippen LogP contribution >= 0.6 is 11.6 Å². The fourth-order valence-corrected chi connectivity index (χ4v) is 4.25. The van der Waals surface area contributed by atoms with E-state index in [1.54, 1.807) is 51.1 Å². The minimum atomic E-state index is -0.420. The summed E-state index contributed by atoms with van der Waals surface area (Å²) in [6, 6.07) is 15.5. The molecule has 0 saturated carbocycles. The number of amides is 3. The first-order chi connectivity index (χ1) is 14.5. The zero-order chi connectivity index (χ0) is 21.1. The molecule has 0 aromatic heterocycles. The standard InChI is InChI=1S/C23H24ClN3O3/c24-19-10-8-18(9-11-19)21(28)25-13-15-26(16-14-25)23(30)20-7-4-12-27(20)22(29)17-5-2-1-3-6-17/h1-3,5-6,8-11,20H,4,7,12-16H2. The molecule has 6 nitrogen and oxygen atoms in total. The van der Waals surface area contributed by atoms with E-state index in [0.717, 1.165) is 6.42 Å². The van der Waals surface area contributed by atoms with E-state index in [4.69, 9.17) is 11.6 Å². The van der Waals surface area contributed by atoms with Crippen LogP contribution in [0.4, 0.5) is 0 Å². The molecule has 2 heterocycles. The molecule has 1 atom stereocenters. The molecular weight excluding hydrogens is 402 g/mol.